The minimum Gasteiger partial charge on any atom is -0.507 e. The monoisotopic (exact) mass is 379 g/mol. The van der Waals surface area contributed by atoms with Crippen LogP contribution >= 0.6 is 11.6 Å². The van der Waals surface area contributed by atoms with Crippen LogP contribution in [-0.2, 0) is 15.9 Å². The molecule has 0 aromatic heterocycles. The Morgan fingerprint density at radius 3 is 2.77 bits per heavy atom. The minimum atomic E-state index is -0.780. The number of hydrogen-bond donors (Lipinski definition) is 3. The van der Waals surface area contributed by atoms with Gasteiger partial charge in [0.15, 0.2) is 0 Å². The summed E-state index contributed by atoms with van der Waals surface area (Å²) in [6, 6.07) is 0.977. The van der Waals surface area contributed by atoms with E-state index in [0.717, 1.165) is 6.07 Å². The molecule has 2 aliphatic heterocycles. The van der Waals surface area contributed by atoms with Gasteiger partial charge in [-0.3, -0.25) is 0 Å². The van der Waals surface area contributed by atoms with Gasteiger partial charge in [0.05, 0.1) is 16.8 Å². The quantitative estimate of drug-likeness (QED) is 0.276. The van der Waals surface area contributed by atoms with E-state index in [-0.39, 0.29) is 46.2 Å². The van der Waals surface area contributed by atoms with Gasteiger partial charge in [-0.2, -0.15) is 0 Å². The average molecular weight is 380 g/mol. The molecule has 2 heterocycles. The lowest BCUT2D eigenvalue weighted by Gasteiger charge is -2.17. The number of phenolic OH excluding ortho intramolecular Hbond substituents is 2. The number of carbonyl (C=O) groups is 1. The van der Waals surface area contributed by atoms with Crippen molar-refractivity contribution in [2.24, 2.45) is 5.16 Å². The first kappa shape index (κ1) is 18.3. The Balaban J connectivity index is 2.05. The Kier molecular flexibility index (Phi) is 5.20. The number of aromatic hydroxyl groups is 2. The normalized spacial score (nSPS) is 29.8. The van der Waals surface area contributed by atoms with Gasteiger partial charge in [-0.1, -0.05) is 35.0 Å². The summed E-state index contributed by atoms with van der Waals surface area (Å²) >= 11 is 6.12. The zero-order chi connectivity index (χ0) is 18.8. The van der Waals surface area contributed by atoms with Crippen LogP contribution in [0.4, 0.5) is 0 Å². The van der Waals surface area contributed by atoms with Crippen molar-refractivity contribution in [2.45, 2.75) is 38.1 Å². The van der Waals surface area contributed by atoms with Crippen LogP contribution in [0.1, 0.15) is 29.3 Å². The summed E-state index contributed by atoms with van der Waals surface area (Å²) in [6.45, 7) is 1.73. The number of esters is 1. The number of oxime groups is 1. The van der Waals surface area contributed by atoms with Crippen molar-refractivity contribution in [3.8, 4) is 11.5 Å². The Morgan fingerprint density at radius 1 is 1.27 bits per heavy atom. The second-order valence-corrected chi connectivity index (χ2v) is 6.56. The van der Waals surface area contributed by atoms with E-state index in [1.807, 2.05) is 6.08 Å². The van der Waals surface area contributed by atoms with Crippen LogP contribution in [0.15, 0.2) is 35.5 Å². The molecule has 3 rings (SSSR count). The molecule has 7 nitrogen and oxygen atoms in total. The topological polar surface area (TPSA) is 112 Å². The third-order valence-electron chi connectivity index (χ3n) is 4.21. The molecule has 26 heavy (non-hydrogen) atoms. The molecule has 2 aliphatic rings. The smallest absolute Gasteiger partial charge is 0.342 e. The fraction of sp³-hybridized carbons (Fsp3) is 0.333. The van der Waals surface area contributed by atoms with E-state index in [4.69, 9.17) is 21.1 Å². The number of benzene rings is 1. The van der Waals surface area contributed by atoms with E-state index >= 15 is 0 Å². The number of nitrogens with zero attached hydrogens (tertiary/aromatic N) is 1. The molecule has 3 atom stereocenters. The molecule has 0 spiro atoms. The molecule has 0 aliphatic carbocycles. The SMILES string of the molecule is C[C@@H]1C[C@H]2O[C@@H]2\C=C/C=C/C(=N\O)Cc2c(Cl)c(O)cc(O)c2C(=O)O1. The van der Waals surface area contributed by atoms with Crippen molar-refractivity contribution in [2.75, 3.05) is 0 Å². The lowest BCUT2D eigenvalue weighted by Crippen LogP contribution is -2.19. The first-order chi connectivity index (χ1) is 12.4. The second-order valence-electron chi connectivity index (χ2n) is 6.19. The first-order valence-electron chi connectivity index (χ1n) is 8.06. The molecule has 1 saturated heterocycles. The number of cyclic esters (lactones) is 1. The van der Waals surface area contributed by atoms with Crippen molar-refractivity contribution in [3.05, 3.63) is 46.5 Å². The fourth-order valence-electron chi connectivity index (χ4n) is 2.86. The van der Waals surface area contributed by atoms with Crippen LogP contribution in [-0.4, -0.2) is 45.4 Å². The molecule has 8 heteroatoms. The number of phenols is 2. The maximum Gasteiger partial charge on any atom is 0.342 e. The Bertz CT molecular complexity index is 816. The molecule has 3 N–H and O–H groups in total. The van der Waals surface area contributed by atoms with Gasteiger partial charge in [-0.25, -0.2) is 4.79 Å². The van der Waals surface area contributed by atoms with Crippen molar-refractivity contribution < 1.29 is 29.7 Å². The van der Waals surface area contributed by atoms with Gasteiger partial charge in [-0.05, 0) is 18.6 Å². The molecule has 0 amide bonds. The van der Waals surface area contributed by atoms with E-state index < -0.39 is 17.8 Å². The Hall–Kier alpha value is -2.51. The van der Waals surface area contributed by atoms with E-state index in [1.54, 1.807) is 19.1 Å². The third-order valence-corrected chi connectivity index (χ3v) is 4.63. The highest BCUT2D eigenvalue weighted by Gasteiger charge is 2.38. The van der Waals surface area contributed by atoms with Crippen LogP contribution in [0.3, 0.4) is 0 Å². The lowest BCUT2D eigenvalue weighted by atomic mass is 9.99. The van der Waals surface area contributed by atoms with Gasteiger partial charge in [0.2, 0.25) is 0 Å². The van der Waals surface area contributed by atoms with Crippen LogP contribution in [0, 0.1) is 0 Å². The number of ether oxygens (including phenoxy) is 2. The highest BCUT2D eigenvalue weighted by atomic mass is 35.5. The maximum absolute atomic E-state index is 12.6. The summed E-state index contributed by atoms with van der Waals surface area (Å²) in [4.78, 5) is 12.6. The van der Waals surface area contributed by atoms with Gasteiger partial charge in [0, 0.05) is 18.9 Å². The zero-order valence-electron chi connectivity index (χ0n) is 13.9. The lowest BCUT2D eigenvalue weighted by molar-refractivity contribution is 0.0306. The van der Waals surface area contributed by atoms with E-state index in [9.17, 15) is 20.2 Å². The second kappa shape index (κ2) is 7.39. The number of carbonyl (C=O) groups excluding carboxylic acids is 1. The number of fused-ring (bicyclic) bond motifs is 2. The molecular formula is C18H18ClNO6. The summed E-state index contributed by atoms with van der Waals surface area (Å²) in [6.07, 6.45) is 6.68. The van der Waals surface area contributed by atoms with Crippen molar-refractivity contribution in [3.63, 3.8) is 0 Å². The van der Waals surface area contributed by atoms with Gasteiger partial charge in [-0.15, -0.1) is 0 Å². The van der Waals surface area contributed by atoms with Crippen LogP contribution in [0.5, 0.6) is 11.5 Å². The maximum atomic E-state index is 12.6. The van der Waals surface area contributed by atoms with E-state index in [0.29, 0.717) is 6.42 Å². The molecular weight excluding hydrogens is 362 g/mol. The number of hydrogen-bond acceptors (Lipinski definition) is 7. The summed E-state index contributed by atoms with van der Waals surface area (Å²) < 4.78 is 10.9. The number of epoxide rings is 1. The van der Waals surface area contributed by atoms with Crippen molar-refractivity contribution in [1.29, 1.82) is 0 Å². The third kappa shape index (κ3) is 3.84. The molecule has 0 radical (unpaired) electrons. The van der Waals surface area contributed by atoms with Crippen LogP contribution < -0.4 is 0 Å². The highest BCUT2D eigenvalue weighted by Crippen LogP contribution is 2.37. The van der Waals surface area contributed by atoms with Gasteiger partial charge in [0.25, 0.3) is 0 Å². The van der Waals surface area contributed by atoms with Crippen LogP contribution in [0.2, 0.25) is 5.02 Å². The standard InChI is InChI=1S/C18H18ClNO6/c1-9-6-15-14(26-15)5-3-2-4-10(20-24)7-11-16(18(23)25-9)12(21)8-13(22)17(11)19/h2-5,8-9,14-15,21-22,24H,6-7H2,1H3/b4-2+,5-3-,20-10+/t9-,14-,15-/m1/s1. The highest BCUT2D eigenvalue weighted by molar-refractivity contribution is 6.33. The summed E-state index contributed by atoms with van der Waals surface area (Å²) in [5.74, 6) is -1.63. The molecule has 0 saturated carbocycles. The van der Waals surface area contributed by atoms with Crippen molar-refractivity contribution in [1.82, 2.24) is 0 Å². The van der Waals surface area contributed by atoms with Gasteiger partial charge in [0.1, 0.15) is 29.3 Å². The Labute approximate surface area is 154 Å². The fourth-order valence-corrected chi connectivity index (χ4v) is 3.07. The molecule has 1 aromatic rings. The zero-order valence-corrected chi connectivity index (χ0v) is 14.7. The van der Waals surface area contributed by atoms with E-state index in [2.05, 4.69) is 5.16 Å². The average Bonchev–Trinajstić information content (AvgIpc) is 3.31. The predicted octanol–water partition coefficient (Wildman–Crippen LogP) is 2.95. The van der Waals surface area contributed by atoms with Crippen LogP contribution in [0.25, 0.3) is 0 Å². The van der Waals surface area contributed by atoms with E-state index in [1.165, 1.54) is 6.08 Å². The predicted molar refractivity (Wildman–Crippen MR) is 94.1 cm³/mol. The molecule has 1 fully saturated rings. The first-order valence-corrected chi connectivity index (χ1v) is 8.44. The molecule has 0 unspecified atom stereocenters. The molecule has 1 aromatic carbocycles. The Morgan fingerprint density at radius 2 is 2.04 bits per heavy atom. The number of rotatable bonds is 0. The van der Waals surface area contributed by atoms with Gasteiger partial charge < -0.3 is 24.9 Å². The number of allylic oxidation sites excluding steroid dienone is 3. The summed E-state index contributed by atoms with van der Waals surface area (Å²) in [5, 5.41) is 32.3. The minimum absolute atomic E-state index is 0.0483. The molecule has 0 bridgehead atoms. The van der Waals surface area contributed by atoms with Crippen molar-refractivity contribution >= 4 is 23.3 Å². The summed E-state index contributed by atoms with van der Waals surface area (Å²) in [7, 11) is 0. The summed E-state index contributed by atoms with van der Waals surface area (Å²) in [5.41, 5.74) is 0.115. The largest absolute Gasteiger partial charge is 0.507 e. The molecule has 138 valence electrons. The number of halogens is 1. The van der Waals surface area contributed by atoms with Gasteiger partial charge >= 0.3 is 5.97 Å².